The van der Waals surface area contributed by atoms with E-state index in [1.54, 1.807) is 5.57 Å². The van der Waals surface area contributed by atoms with E-state index < -0.39 is 0 Å². The van der Waals surface area contributed by atoms with E-state index in [9.17, 15) is 0 Å². The van der Waals surface area contributed by atoms with Gasteiger partial charge in [-0.15, -0.1) is 0 Å². The van der Waals surface area contributed by atoms with E-state index in [0.717, 1.165) is 11.8 Å². The molecule has 0 aromatic rings. The van der Waals surface area contributed by atoms with Crippen molar-refractivity contribution < 1.29 is 0 Å². The van der Waals surface area contributed by atoms with Crippen molar-refractivity contribution in [3.05, 3.63) is 23.8 Å². The lowest BCUT2D eigenvalue weighted by Gasteiger charge is -2.26. The van der Waals surface area contributed by atoms with E-state index in [1.807, 2.05) is 0 Å². The van der Waals surface area contributed by atoms with Crippen LogP contribution < -0.4 is 0 Å². The van der Waals surface area contributed by atoms with Crippen LogP contribution in [-0.4, -0.2) is 0 Å². The average Bonchev–Trinajstić information content (AvgIpc) is 2.18. The fourth-order valence-corrected chi connectivity index (χ4v) is 2.28. The first-order chi connectivity index (χ1) is 7.09. The van der Waals surface area contributed by atoms with Crippen molar-refractivity contribution in [2.75, 3.05) is 0 Å². The molecule has 1 fully saturated rings. The van der Waals surface area contributed by atoms with Gasteiger partial charge in [0.2, 0.25) is 0 Å². The molecule has 0 spiro atoms. The van der Waals surface area contributed by atoms with Crippen LogP contribution in [0.25, 0.3) is 0 Å². The van der Waals surface area contributed by atoms with E-state index in [2.05, 4.69) is 45.9 Å². The first-order valence-electron chi connectivity index (χ1n) is 6.44. The summed E-state index contributed by atoms with van der Waals surface area (Å²) in [6, 6.07) is 0. The minimum Gasteiger partial charge on any atom is -0.0820 e. The first-order valence-corrected chi connectivity index (χ1v) is 6.44. The van der Waals surface area contributed by atoms with Crippen molar-refractivity contribution >= 4 is 0 Å². The highest BCUT2D eigenvalue weighted by atomic mass is 14.2. The Kier molecular flexibility index (Phi) is 5.14. The SMILES string of the molecule is C/C(=C\C=C\C(C)C)[C@H]1CC[C@@H](C)CC1. The summed E-state index contributed by atoms with van der Waals surface area (Å²) in [5.41, 5.74) is 1.58. The molecule has 0 bridgehead atoms. The Morgan fingerprint density at radius 3 is 2.27 bits per heavy atom. The predicted octanol–water partition coefficient (Wildman–Crippen LogP) is 4.97. The Morgan fingerprint density at radius 1 is 1.13 bits per heavy atom. The lowest BCUT2D eigenvalue weighted by atomic mass is 9.79. The summed E-state index contributed by atoms with van der Waals surface area (Å²) in [5.74, 6) is 2.48. The van der Waals surface area contributed by atoms with Gasteiger partial charge in [-0.2, -0.15) is 0 Å². The van der Waals surface area contributed by atoms with Crippen molar-refractivity contribution in [2.45, 2.75) is 53.4 Å². The molecule has 0 N–H and O–H groups in total. The molecule has 0 radical (unpaired) electrons. The second-order valence-electron chi connectivity index (χ2n) is 5.50. The zero-order valence-corrected chi connectivity index (χ0v) is 10.8. The predicted molar refractivity (Wildman–Crippen MR) is 68.9 cm³/mol. The second-order valence-corrected chi connectivity index (χ2v) is 5.50. The van der Waals surface area contributed by atoms with Gasteiger partial charge in [-0.3, -0.25) is 0 Å². The van der Waals surface area contributed by atoms with Crippen LogP contribution >= 0.6 is 0 Å². The molecular weight excluding hydrogens is 180 g/mol. The number of rotatable bonds is 3. The molecule has 0 atom stereocenters. The Morgan fingerprint density at radius 2 is 1.73 bits per heavy atom. The highest BCUT2D eigenvalue weighted by molar-refractivity contribution is 5.14. The zero-order chi connectivity index (χ0) is 11.3. The van der Waals surface area contributed by atoms with Gasteiger partial charge in [-0.25, -0.2) is 0 Å². The standard InChI is InChI=1S/C15H26/c1-12(2)6-5-7-14(4)15-10-8-13(3)9-11-15/h5-7,12-13,15H,8-11H2,1-4H3/b6-5+,14-7+/t13-,15+. The molecule has 0 unspecified atom stereocenters. The lowest BCUT2D eigenvalue weighted by molar-refractivity contribution is 0.320. The third-order valence-corrected chi connectivity index (χ3v) is 3.51. The minimum atomic E-state index is 0.667. The largest absolute Gasteiger partial charge is 0.0820 e. The summed E-state index contributed by atoms with van der Waals surface area (Å²) >= 11 is 0. The molecule has 0 aromatic carbocycles. The molecule has 1 aliphatic carbocycles. The lowest BCUT2D eigenvalue weighted by Crippen LogP contribution is -2.12. The highest BCUT2D eigenvalue weighted by Crippen LogP contribution is 2.32. The van der Waals surface area contributed by atoms with Crippen molar-refractivity contribution in [1.82, 2.24) is 0 Å². The topological polar surface area (TPSA) is 0 Å². The molecular formula is C15H26. The number of allylic oxidation sites excluding steroid dienone is 4. The summed E-state index contributed by atoms with van der Waals surface area (Å²) in [7, 11) is 0. The third-order valence-electron chi connectivity index (χ3n) is 3.51. The maximum absolute atomic E-state index is 2.38. The van der Waals surface area contributed by atoms with Crippen LogP contribution in [0.2, 0.25) is 0 Å². The summed E-state index contributed by atoms with van der Waals surface area (Å²) < 4.78 is 0. The van der Waals surface area contributed by atoms with E-state index in [-0.39, 0.29) is 0 Å². The normalized spacial score (nSPS) is 29.0. The highest BCUT2D eigenvalue weighted by Gasteiger charge is 2.18. The van der Waals surface area contributed by atoms with Crippen molar-refractivity contribution in [1.29, 1.82) is 0 Å². The monoisotopic (exact) mass is 206 g/mol. The summed E-state index contributed by atoms with van der Waals surface area (Å²) in [5, 5.41) is 0. The fourth-order valence-electron chi connectivity index (χ4n) is 2.28. The molecule has 86 valence electrons. The van der Waals surface area contributed by atoms with Crippen LogP contribution in [0.15, 0.2) is 23.8 Å². The van der Waals surface area contributed by atoms with Gasteiger partial charge in [-0.1, -0.05) is 57.4 Å². The maximum atomic E-state index is 2.38. The van der Waals surface area contributed by atoms with Crippen molar-refractivity contribution in [3.8, 4) is 0 Å². The zero-order valence-electron chi connectivity index (χ0n) is 10.8. The molecule has 15 heavy (non-hydrogen) atoms. The summed E-state index contributed by atoms with van der Waals surface area (Å²) in [4.78, 5) is 0. The molecule has 1 rings (SSSR count). The molecule has 0 aromatic heterocycles. The van der Waals surface area contributed by atoms with E-state index in [0.29, 0.717) is 5.92 Å². The Balaban J connectivity index is 2.42. The smallest absolute Gasteiger partial charge is 0.0203 e. The molecule has 0 heterocycles. The van der Waals surface area contributed by atoms with Gasteiger partial charge >= 0.3 is 0 Å². The van der Waals surface area contributed by atoms with Crippen LogP contribution in [0.4, 0.5) is 0 Å². The van der Waals surface area contributed by atoms with Crippen LogP contribution in [0.5, 0.6) is 0 Å². The Labute approximate surface area is 95.5 Å². The van der Waals surface area contributed by atoms with Gasteiger partial charge in [0, 0.05) is 0 Å². The maximum Gasteiger partial charge on any atom is -0.0203 e. The Bertz CT molecular complexity index is 224. The quantitative estimate of drug-likeness (QED) is 0.572. The van der Waals surface area contributed by atoms with Crippen LogP contribution in [0.3, 0.4) is 0 Å². The molecule has 0 nitrogen and oxygen atoms in total. The first kappa shape index (κ1) is 12.5. The van der Waals surface area contributed by atoms with Gasteiger partial charge in [0.1, 0.15) is 0 Å². The van der Waals surface area contributed by atoms with Crippen LogP contribution in [0, 0.1) is 17.8 Å². The molecule has 1 saturated carbocycles. The average molecular weight is 206 g/mol. The van der Waals surface area contributed by atoms with E-state index in [1.165, 1.54) is 25.7 Å². The van der Waals surface area contributed by atoms with E-state index >= 15 is 0 Å². The minimum absolute atomic E-state index is 0.667. The van der Waals surface area contributed by atoms with Crippen LogP contribution in [0.1, 0.15) is 53.4 Å². The van der Waals surface area contributed by atoms with Crippen molar-refractivity contribution in [2.24, 2.45) is 17.8 Å². The summed E-state index contributed by atoms with van der Waals surface area (Å²) in [6.07, 6.45) is 12.5. The van der Waals surface area contributed by atoms with Gasteiger partial charge < -0.3 is 0 Å². The van der Waals surface area contributed by atoms with Gasteiger partial charge in [-0.05, 0) is 37.5 Å². The van der Waals surface area contributed by atoms with Crippen molar-refractivity contribution in [3.63, 3.8) is 0 Å². The Hall–Kier alpha value is -0.520. The second kappa shape index (κ2) is 6.15. The van der Waals surface area contributed by atoms with Gasteiger partial charge in [0.25, 0.3) is 0 Å². The third kappa shape index (κ3) is 4.68. The molecule has 1 aliphatic rings. The van der Waals surface area contributed by atoms with Gasteiger partial charge in [0.05, 0.1) is 0 Å². The molecule has 0 aliphatic heterocycles. The number of hydrogen-bond donors (Lipinski definition) is 0. The van der Waals surface area contributed by atoms with E-state index in [4.69, 9.17) is 0 Å². The molecule has 0 heteroatoms. The molecule has 0 amide bonds. The summed E-state index contributed by atoms with van der Waals surface area (Å²) in [6.45, 7) is 9.13. The van der Waals surface area contributed by atoms with Gasteiger partial charge in [0.15, 0.2) is 0 Å². The van der Waals surface area contributed by atoms with Crippen LogP contribution in [-0.2, 0) is 0 Å². The fraction of sp³-hybridized carbons (Fsp3) is 0.733. The molecule has 0 saturated heterocycles. The number of hydrogen-bond acceptors (Lipinski definition) is 0.